The molecule has 0 bridgehead atoms. The van der Waals surface area contributed by atoms with Crippen LogP contribution in [-0.2, 0) is 6.42 Å². The predicted molar refractivity (Wildman–Crippen MR) is 60.4 cm³/mol. The number of benzene rings is 1. The van der Waals surface area contributed by atoms with E-state index in [1.807, 2.05) is 0 Å². The first kappa shape index (κ1) is 11.3. The van der Waals surface area contributed by atoms with Gasteiger partial charge >= 0.3 is 0 Å². The van der Waals surface area contributed by atoms with Crippen molar-refractivity contribution in [3.63, 3.8) is 0 Å². The van der Waals surface area contributed by atoms with E-state index in [0.29, 0.717) is 0 Å². The number of hydrogen-bond donors (Lipinski definition) is 1. The Hall–Kier alpha value is -0.820. The third kappa shape index (κ3) is 3.51. The van der Waals surface area contributed by atoms with Crippen LogP contribution < -0.4 is 0 Å². The molecular weight excluding hydrogens is 172 g/mol. The van der Waals surface area contributed by atoms with Gasteiger partial charge in [0.1, 0.15) is 0 Å². The zero-order chi connectivity index (χ0) is 10.4. The van der Waals surface area contributed by atoms with E-state index in [-0.39, 0.29) is 6.10 Å². The first-order valence-electron chi connectivity index (χ1n) is 5.46. The molecular formula is C13H20O. The molecule has 14 heavy (non-hydrogen) atoms. The van der Waals surface area contributed by atoms with Crippen LogP contribution in [0.5, 0.6) is 0 Å². The fourth-order valence-corrected chi connectivity index (χ4v) is 1.69. The molecule has 0 fully saturated rings. The van der Waals surface area contributed by atoms with E-state index in [4.69, 9.17) is 0 Å². The Morgan fingerprint density at radius 2 is 1.93 bits per heavy atom. The Balaban J connectivity index is 2.41. The van der Waals surface area contributed by atoms with Crippen LogP contribution in [0.25, 0.3) is 0 Å². The number of aliphatic hydroxyl groups excluding tert-OH is 1. The van der Waals surface area contributed by atoms with Gasteiger partial charge < -0.3 is 5.11 Å². The second kappa shape index (κ2) is 5.82. The molecule has 0 amide bonds. The average molecular weight is 192 g/mol. The van der Waals surface area contributed by atoms with E-state index in [2.05, 4.69) is 38.1 Å². The van der Waals surface area contributed by atoms with E-state index < -0.39 is 0 Å². The molecule has 0 radical (unpaired) electrons. The van der Waals surface area contributed by atoms with Gasteiger partial charge in [0.05, 0.1) is 6.10 Å². The van der Waals surface area contributed by atoms with Gasteiger partial charge in [-0.1, -0.05) is 37.6 Å². The highest BCUT2D eigenvalue weighted by Crippen LogP contribution is 2.12. The molecule has 0 spiro atoms. The van der Waals surface area contributed by atoms with Gasteiger partial charge in [-0.25, -0.2) is 0 Å². The third-order valence-corrected chi connectivity index (χ3v) is 2.63. The molecule has 1 heteroatoms. The Bertz CT molecular complexity index is 268. The standard InChI is InChI=1S/C13H20O/c1-3-6-13(14)10-9-12-8-5-4-7-11(12)2/h4-5,7-8,13-14H,3,6,9-10H2,1-2H3. The lowest BCUT2D eigenvalue weighted by Crippen LogP contribution is -2.07. The molecule has 1 nitrogen and oxygen atoms in total. The highest BCUT2D eigenvalue weighted by molar-refractivity contribution is 5.25. The molecule has 1 aromatic carbocycles. The van der Waals surface area contributed by atoms with Crippen LogP contribution in [0.4, 0.5) is 0 Å². The lowest BCUT2D eigenvalue weighted by atomic mass is 10.0. The quantitative estimate of drug-likeness (QED) is 0.760. The van der Waals surface area contributed by atoms with Crippen molar-refractivity contribution in [2.24, 2.45) is 0 Å². The Kier molecular flexibility index (Phi) is 4.68. The van der Waals surface area contributed by atoms with Crippen molar-refractivity contribution in [3.8, 4) is 0 Å². The maximum atomic E-state index is 9.60. The smallest absolute Gasteiger partial charge is 0.0543 e. The van der Waals surface area contributed by atoms with E-state index in [1.54, 1.807) is 0 Å². The molecule has 1 aromatic rings. The third-order valence-electron chi connectivity index (χ3n) is 2.63. The topological polar surface area (TPSA) is 20.2 Å². The normalized spacial score (nSPS) is 12.8. The number of aliphatic hydroxyl groups is 1. The van der Waals surface area contributed by atoms with Crippen LogP contribution >= 0.6 is 0 Å². The summed E-state index contributed by atoms with van der Waals surface area (Å²) < 4.78 is 0. The van der Waals surface area contributed by atoms with E-state index in [0.717, 1.165) is 25.7 Å². The van der Waals surface area contributed by atoms with Gasteiger partial charge in [0, 0.05) is 0 Å². The van der Waals surface area contributed by atoms with Crippen molar-refractivity contribution in [1.29, 1.82) is 0 Å². The second-order valence-corrected chi connectivity index (χ2v) is 3.91. The van der Waals surface area contributed by atoms with Gasteiger partial charge in [0.15, 0.2) is 0 Å². The minimum atomic E-state index is -0.125. The summed E-state index contributed by atoms with van der Waals surface area (Å²) in [5.41, 5.74) is 2.69. The SMILES string of the molecule is CCCC(O)CCc1ccccc1C. The average Bonchev–Trinajstić information content (AvgIpc) is 2.17. The van der Waals surface area contributed by atoms with Crippen molar-refractivity contribution < 1.29 is 5.11 Å². The van der Waals surface area contributed by atoms with E-state index in [9.17, 15) is 5.11 Å². The number of rotatable bonds is 5. The van der Waals surface area contributed by atoms with Crippen molar-refractivity contribution in [2.45, 2.75) is 45.6 Å². The van der Waals surface area contributed by atoms with Crippen LogP contribution in [0, 0.1) is 6.92 Å². The first-order valence-corrected chi connectivity index (χ1v) is 5.46. The number of hydrogen-bond acceptors (Lipinski definition) is 1. The maximum Gasteiger partial charge on any atom is 0.0543 e. The minimum Gasteiger partial charge on any atom is -0.393 e. The molecule has 0 aromatic heterocycles. The molecule has 1 rings (SSSR count). The first-order chi connectivity index (χ1) is 6.74. The highest BCUT2D eigenvalue weighted by Gasteiger charge is 2.04. The van der Waals surface area contributed by atoms with Gasteiger partial charge in [-0.2, -0.15) is 0 Å². The Morgan fingerprint density at radius 3 is 2.57 bits per heavy atom. The summed E-state index contributed by atoms with van der Waals surface area (Å²) in [5.74, 6) is 0. The van der Waals surface area contributed by atoms with Gasteiger partial charge in [0.25, 0.3) is 0 Å². The monoisotopic (exact) mass is 192 g/mol. The van der Waals surface area contributed by atoms with Gasteiger partial charge in [0.2, 0.25) is 0 Å². The van der Waals surface area contributed by atoms with Gasteiger partial charge in [-0.15, -0.1) is 0 Å². The molecule has 0 saturated carbocycles. The van der Waals surface area contributed by atoms with Crippen molar-refractivity contribution in [2.75, 3.05) is 0 Å². The second-order valence-electron chi connectivity index (χ2n) is 3.91. The lowest BCUT2D eigenvalue weighted by Gasteiger charge is -2.10. The van der Waals surface area contributed by atoms with Crippen molar-refractivity contribution >= 4 is 0 Å². The van der Waals surface area contributed by atoms with E-state index >= 15 is 0 Å². The van der Waals surface area contributed by atoms with Crippen molar-refractivity contribution in [3.05, 3.63) is 35.4 Å². The van der Waals surface area contributed by atoms with Gasteiger partial charge in [-0.3, -0.25) is 0 Å². The number of aryl methyl sites for hydroxylation is 2. The summed E-state index contributed by atoms with van der Waals surface area (Å²) in [6.07, 6.45) is 3.74. The Morgan fingerprint density at radius 1 is 1.21 bits per heavy atom. The highest BCUT2D eigenvalue weighted by atomic mass is 16.3. The molecule has 1 atom stereocenters. The minimum absolute atomic E-state index is 0.125. The fraction of sp³-hybridized carbons (Fsp3) is 0.538. The van der Waals surface area contributed by atoms with Crippen LogP contribution in [0.15, 0.2) is 24.3 Å². The lowest BCUT2D eigenvalue weighted by molar-refractivity contribution is 0.154. The summed E-state index contributed by atoms with van der Waals surface area (Å²) in [7, 11) is 0. The van der Waals surface area contributed by atoms with Crippen LogP contribution in [0.1, 0.15) is 37.3 Å². The summed E-state index contributed by atoms with van der Waals surface area (Å²) in [6, 6.07) is 8.39. The predicted octanol–water partition coefficient (Wildman–Crippen LogP) is 3.09. The Labute approximate surface area is 86.8 Å². The van der Waals surface area contributed by atoms with Crippen molar-refractivity contribution in [1.82, 2.24) is 0 Å². The maximum absolute atomic E-state index is 9.60. The summed E-state index contributed by atoms with van der Waals surface area (Å²) in [5, 5.41) is 9.60. The summed E-state index contributed by atoms with van der Waals surface area (Å²) in [4.78, 5) is 0. The largest absolute Gasteiger partial charge is 0.393 e. The van der Waals surface area contributed by atoms with Crippen LogP contribution in [0.3, 0.4) is 0 Å². The molecule has 0 aliphatic carbocycles. The van der Waals surface area contributed by atoms with Crippen LogP contribution in [0.2, 0.25) is 0 Å². The molecule has 0 heterocycles. The van der Waals surface area contributed by atoms with Gasteiger partial charge in [-0.05, 0) is 37.3 Å². The van der Waals surface area contributed by atoms with Crippen LogP contribution in [-0.4, -0.2) is 11.2 Å². The van der Waals surface area contributed by atoms with E-state index in [1.165, 1.54) is 11.1 Å². The summed E-state index contributed by atoms with van der Waals surface area (Å²) in [6.45, 7) is 4.23. The fourth-order valence-electron chi connectivity index (χ4n) is 1.69. The molecule has 0 saturated heterocycles. The zero-order valence-corrected chi connectivity index (χ0v) is 9.16. The molecule has 1 N–H and O–H groups in total. The molecule has 0 aliphatic heterocycles. The summed E-state index contributed by atoms with van der Waals surface area (Å²) >= 11 is 0. The molecule has 78 valence electrons. The molecule has 0 aliphatic rings. The zero-order valence-electron chi connectivity index (χ0n) is 9.16. The molecule has 1 unspecified atom stereocenters.